The molecular formula is C16H20N4O3S. The van der Waals surface area contributed by atoms with Crippen molar-refractivity contribution in [3.63, 3.8) is 0 Å². The first-order chi connectivity index (χ1) is 11.6. The molecule has 1 heterocycles. The Balaban J connectivity index is 1.68. The first-order valence-corrected chi connectivity index (χ1v) is 8.59. The largest absolute Gasteiger partial charge is 0.497 e. The fourth-order valence-electron chi connectivity index (χ4n) is 2.28. The number of amides is 1. The molecular weight excluding hydrogens is 328 g/mol. The van der Waals surface area contributed by atoms with E-state index in [1.165, 1.54) is 11.8 Å². The molecule has 1 aromatic carbocycles. The second kappa shape index (κ2) is 7.12. The van der Waals surface area contributed by atoms with E-state index in [-0.39, 0.29) is 11.2 Å². The molecule has 1 amide bonds. The maximum absolute atomic E-state index is 12.5. The van der Waals surface area contributed by atoms with Gasteiger partial charge in [0.05, 0.1) is 25.2 Å². The molecule has 0 radical (unpaired) electrons. The van der Waals surface area contributed by atoms with Crippen LogP contribution in [0.1, 0.15) is 25.8 Å². The lowest BCUT2D eigenvalue weighted by Gasteiger charge is -2.15. The van der Waals surface area contributed by atoms with Crippen molar-refractivity contribution in [1.29, 1.82) is 0 Å². The third kappa shape index (κ3) is 3.64. The number of nitrogens with one attached hydrogen (secondary N) is 1. The summed E-state index contributed by atoms with van der Waals surface area (Å²) in [5.74, 6) is 1.11. The van der Waals surface area contributed by atoms with Gasteiger partial charge in [-0.25, -0.2) is 0 Å². The first-order valence-electron chi connectivity index (χ1n) is 7.71. The topological polar surface area (TPSA) is 78.3 Å². The predicted octanol–water partition coefficient (Wildman–Crippen LogP) is 2.75. The summed E-state index contributed by atoms with van der Waals surface area (Å²) in [7, 11) is 3.14. The van der Waals surface area contributed by atoms with Crippen LogP contribution in [0.4, 0.5) is 5.69 Å². The quantitative estimate of drug-likeness (QED) is 0.775. The zero-order valence-corrected chi connectivity index (χ0v) is 14.7. The summed E-state index contributed by atoms with van der Waals surface area (Å²) in [6.45, 7) is 1.85. The number of carbonyl (C=O) groups excluding carboxylic acids is 1. The fourth-order valence-corrected chi connectivity index (χ4v) is 3.17. The highest BCUT2D eigenvalue weighted by atomic mass is 32.2. The Labute approximate surface area is 144 Å². The van der Waals surface area contributed by atoms with Gasteiger partial charge in [-0.1, -0.05) is 11.8 Å². The Hall–Kier alpha value is -2.22. The summed E-state index contributed by atoms with van der Waals surface area (Å²) >= 11 is 1.40. The van der Waals surface area contributed by atoms with Crippen LogP contribution in [0.25, 0.3) is 0 Å². The molecule has 1 aliphatic rings. The van der Waals surface area contributed by atoms with Gasteiger partial charge in [-0.05, 0) is 31.9 Å². The molecule has 1 saturated carbocycles. The standard InChI is InChI=1S/C16H20N4O3S/c1-10(24-16-19-17-9-20(16)11-4-5-11)15(21)18-13-8-12(22-2)6-7-14(13)23-3/h6-11H,4-5H2,1-3H3,(H,18,21)/t10-/m1/s1. The molecule has 0 aliphatic heterocycles. The summed E-state index contributed by atoms with van der Waals surface area (Å²) in [5, 5.41) is 11.4. The van der Waals surface area contributed by atoms with Gasteiger partial charge in [0, 0.05) is 12.1 Å². The van der Waals surface area contributed by atoms with Crippen molar-refractivity contribution < 1.29 is 14.3 Å². The molecule has 7 nitrogen and oxygen atoms in total. The third-order valence-electron chi connectivity index (χ3n) is 3.80. The maximum Gasteiger partial charge on any atom is 0.237 e. The number of nitrogens with zero attached hydrogens (tertiary/aromatic N) is 3. The molecule has 0 spiro atoms. The smallest absolute Gasteiger partial charge is 0.237 e. The number of rotatable bonds is 7. The molecule has 1 aromatic heterocycles. The van der Waals surface area contributed by atoms with Gasteiger partial charge in [-0.2, -0.15) is 0 Å². The molecule has 1 N–H and O–H groups in total. The van der Waals surface area contributed by atoms with Gasteiger partial charge < -0.3 is 19.4 Å². The molecule has 0 saturated heterocycles. The lowest BCUT2D eigenvalue weighted by atomic mass is 10.2. The minimum Gasteiger partial charge on any atom is -0.497 e. The van der Waals surface area contributed by atoms with Gasteiger partial charge >= 0.3 is 0 Å². The van der Waals surface area contributed by atoms with Crippen molar-refractivity contribution in [2.45, 2.75) is 36.2 Å². The van der Waals surface area contributed by atoms with Crippen LogP contribution in [0.2, 0.25) is 0 Å². The first kappa shape index (κ1) is 16.6. The van der Waals surface area contributed by atoms with Crippen molar-refractivity contribution in [2.75, 3.05) is 19.5 Å². The Morgan fingerprint density at radius 3 is 2.83 bits per heavy atom. The number of hydrogen-bond donors (Lipinski definition) is 1. The second-order valence-electron chi connectivity index (χ2n) is 5.57. The average Bonchev–Trinajstić information content (AvgIpc) is 3.34. The SMILES string of the molecule is COc1ccc(OC)c(NC(=O)[C@@H](C)Sc2nncn2C2CC2)c1. The molecule has 1 fully saturated rings. The molecule has 8 heteroatoms. The van der Waals surface area contributed by atoms with Crippen molar-refractivity contribution >= 4 is 23.4 Å². The van der Waals surface area contributed by atoms with Gasteiger partial charge in [0.1, 0.15) is 17.8 Å². The lowest BCUT2D eigenvalue weighted by Crippen LogP contribution is -2.23. The number of ether oxygens (including phenoxy) is 2. The number of carbonyl (C=O) groups is 1. The monoisotopic (exact) mass is 348 g/mol. The minimum atomic E-state index is -0.317. The Bertz CT molecular complexity index is 730. The summed E-state index contributed by atoms with van der Waals surface area (Å²) in [6.07, 6.45) is 4.02. The van der Waals surface area contributed by atoms with Gasteiger partial charge in [0.25, 0.3) is 0 Å². The molecule has 128 valence electrons. The van der Waals surface area contributed by atoms with E-state index in [4.69, 9.17) is 9.47 Å². The van der Waals surface area contributed by atoms with Gasteiger partial charge in [-0.15, -0.1) is 10.2 Å². The van der Waals surface area contributed by atoms with Crippen molar-refractivity contribution in [3.05, 3.63) is 24.5 Å². The van der Waals surface area contributed by atoms with E-state index >= 15 is 0 Å². The number of thioether (sulfide) groups is 1. The molecule has 3 rings (SSSR count). The van der Waals surface area contributed by atoms with Crippen molar-refractivity contribution in [3.8, 4) is 11.5 Å². The molecule has 2 aromatic rings. The third-order valence-corrected chi connectivity index (χ3v) is 4.87. The number of hydrogen-bond acceptors (Lipinski definition) is 6. The van der Waals surface area contributed by atoms with Crippen LogP contribution in [0, 0.1) is 0 Å². The number of benzene rings is 1. The van der Waals surface area contributed by atoms with E-state index in [9.17, 15) is 4.79 Å². The van der Waals surface area contributed by atoms with Crippen molar-refractivity contribution in [2.24, 2.45) is 0 Å². The van der Waals surface area contributed by atoms with Gasteiger partial charge in [0.15, 0.2) is 5.16 Å². The zero-order valence-electron chi connectivity index (χ0n) is 13.9. The highest BCUT2D eigenvalue weighted by molar-refractivity contribution is 8.00. The van der Waals surface area contributed by atoms with Gasteiger partial charge in [-0.3, -0.25) is 4.79 Å². The number of methoxy groups -OCH3 is 2. The van der Waals surface area contributed by atoms with Crippen LogP contribution in [-0.2, 0) is 4.79 Å². The number of anilines is 1. The van der Waals surface area contributed by atoms with Crippen LogP contribution in [0.5, 0.6) is 11.5 Å². The normalized spacial score (nSPS) is 15.0. The summed E-state index contributed by atoms with van der Waals surface area (Å²) < 4.78 is 12.5. The summed E-state index contributed by atoms with van der Waals surface area (Å²) in [5.41, 5.74) is 0.581. The van der Waals surface area contributed by atoms with E-state index < -0.39 is 0 Å². The Morgan fingerprint density at radius 2 is 2.17 bits per heavy atom. The lowest BCUT2D eigenvalue weighted by molar-refractivity contribution is -0.115. The van der Waals surface area contributed by atoms with Crippen LogP contribution in [0.15, 0.2) is 29.7 Å². The predicted molar refractivity (Wildman–Crippen MR) is 91.8 cm³/mol. The molecule has 1 atom stereocenters. The van der Waals surface area contributed by atoms with E-state index in [2.05, 4.69) is 15.5 Å². The summed E-state index contributed by atoms with van der Waals surface area (Å²) in [6, 6.07) is 5.76. The molecule has 1 aliphatic carbocycles. The van der Waals surface area contributed by atoms with E-state index in [1.807, 2.05) is 11.5 Å². The maximum atomic E-state index is 12.5. The molecule has 24 heavy (non-hydrogen) atoms. The van der Waals surface area contributed by atoms with E-state index in [1.54, 1.807) is 38.7 Å². The molecule has 0 unspecified atom stereocenters. The fraction of sp³-hybridized carbons (Fsp3) is 0.438. The van der Waals surface area contributed by atoms with Crippen LogP contribution < -0.4 is 14.8 Å². The number of aromatic nitrogens is 3. The van der Waals surface area contributed by atoms with Crippen molar-refractivity contribution in [1.82, 2.24) is 14.8 Å². The van der Waals surface area contributed by atoms with Crippen LogP contribution in [0.3, 0.4) is 0 Å². The van der Waals surface area contributed by atoms with Gasteiger partial charge in [0.2, 0.25) is 5.91 Å². The second-order valence-corrected chi connectivity index (χ2v) is 6.88. The van der Waals surface area contributed by atoms with Crippen LogP contribution >= 0.6 is 11.8 Å². The summed E-state index contributed by atoms with van der Waals surface area (Å²) in [4.78, 5) is 12.5. The van der Waals surface area contributed by atoms with E-state index in [0.29, 0.717) is 23.2 Å². The minimum absolute atomic E-state index is 0.128. The highest BCUT2D eigenvalue weighted by Gasteiger charge is 2.28. The molecule has 0 bridgehead atoms. The van der Waals surface area contributed by atoms with E-state index in [0.717, 1.165) is 18.0 Å². The Kier molecular flexibility index (Phi) is 4.94. The Morgan fingerprint density at radius 1 is 1.38 bits per heavy atom. The zero-order chi connectivity index (χ0) is 17.1. The highest BCUT2D eigenvalue weighted by Crippen LogP contribution is 2.38. The average molecular weight is 348 g/mol. The van der Waals surface area contributed by atoms with Crippen LogP contribution in [-0.4, -0.2) is 40.1 Å².